The first-order chi connectivity index (χ1) is 15.1. The van der Waals surface area contributed by atoms with E-state index in [2.05, 4.69) is 79.1 Å². The Labute approximate surface area is 183 Å². The molecular weight excluding hydrogens is 384 g/mol. The second-order valence-electron chi connectivity index (χ2n) is 8.23. The van der Waals surface area contributed by atoms with Gasteiger partial charge in [0.1, 0.15) is 12.6 Å². The fourth-order valence-electron chi connectivity index (χ4n) is 4.55. The van der Waals surface area contributed by atoms with E-state index in [1.807, 2.05) is 17.4 Å². The van der Waals surface area contributed by atoms with Gasteiger partial charge in [-0.2, -0.15) is 0 Å². The Balaban J connectivity index is 1.98. The summed E-state index contributed by atoms with van der Waals surface area (Å²) in [6, 6.07) is 25.4. The van der Waals surface area contributed by atoms with Crippen molar-refractivity contribution in [3.05, 3.63) is 83.9 Å². The lowest BCUT2D eigenvalue weighted by molar-refractivity contribution is -0.662. The van der Waals surface area contributed by atoms with E-state index in [-0.39, 0.29) is 6.61 Å². The average Bonchev–Trinajstić information content (AvgIpc) is 3.09. The number of benzene rings is 3. The molecule has 0 bridgehead atoms. The summed E-state index contributed by atoms with van der Waals surface area (Å²) in [5.41, 5.74) is 8.27. The van der Waals surface area contributed by atoms with Gasteiger partial charge in [-0.15, -0.1) is 0 Å². The highest BCUT2D eigenvalue weighted by Crippen LogP contribution is 2.42. The van der Waals surface area contributed by atoms with Crippen LogP contribution in [-0.4, -0.2) is 40.6 Å². The van der Waals surface area contributed by atoms with Crippen molar-refractivity contribution in [3.63, 3.8) is 0 Å². The molecular formula is C27H31N2O2+. The minimum Gasteiger partial charge on any atom is -0.391 e. The third kappa shape index (κ3) is 4.42. The molecule has 0 aliphatic rings. The van der Waals surface area contributed by atoms with E-state index in [9.17, 15) is 5.11 Å². The second kappa shape index (κ2) is 9.48. The van der Waals surface area contributed by atoms with Gasteiger partial charge < -0.3 is 20.1 Å². The van der Waals surface area contributed by atoms with Gasteiger partial charge >= 0.3 is 0 Å². The molecule has 0 saturated heterocycles. The molecule has 4 N–H and O–H groups in total. The van der Waals surface area contributed by atoms with Crippen LogP contribution in [0.4, 0.5) is 0 Å². The Morgan fingerprint density at radius 1 is 0.903 bits per heavy atom. The first-order valence-electron chi connectivity index (χ1n) is 10.9. The molecule has 4 nitrogen and oxygen atoms in total. The van der Waals surface area contributed by atoms with E-state index < -0.39 is 6.10 Å². The quantitative estimate of drug-likeness (QED) is 0.386. The van der Waals surface area contributed by atoms with Crippen LogP contribution in [0.15, 0.2) is 72.8 Å². The lowest BCUT2D eigenvalue weighted by Gasteiger charge is -2.17. The molecule has 0 fully saturated rings. The number of hydrogen-bond donors (Lipinski definition) is 3. The van der Waals surface area contributed by atoms with Crippen LogP contribution in [0, 0.1) is 13.8 Å². The first-order valence-corrected chi connectivity index (χ1v) is 10.9. The number of nitrogens with two attached hydrogens (primary N) is 1. The number of aryl methyl sites for hydroxylation is 2. The van der Waals surface area contributed by atoms with Gasteiger partial charge in [0.15, 0.2) is 0 Å². The lowest BCUT2D eigenvalue weighted by Crippen LogP contribution is -2.87. The zero-order chi connectivity index (χ0) is 21.8. The number of quaternary nitrogens is 1. The summed E-state index contributed by atoms with van der Waals surface area (Å²) < 4.78 is 2.29. The molecule has 4 heteroatoms. The zero-order valence-electron chi connectivity index (χ0n) is 18.3. The van der Waals surface area contributed by atoms with Crippen LogP contribution in [0.1, 0.15) is 11.1 Å². The standard InChI is InChI=1S/C27H30N2O2/c1-19-15-20(2)26-24(16-19)25(21-9-5-3-6-10-21)27(22-11-7-4-8-12-22)29(26)18-23(31)17-28-13-14-30/h3-12,15-16,23,28,30-31H,13-14,17-18H2,1-2H3/p+1/t23-/m0/s1. The molecule has 1 atom stereocenters. The van der Waals surface area contributed by atoms with Crippen molar-refractivity contribution in [2.24, 2.45) is 0 Å². The second-order valence-corrected chi connectivity index (χ2v) is 8.23. The monoisotopic (exact) mass is 415 g/mol. The van der Waals surface area contributed by atoms with Crippen molar-refractivity contribution in [3.8, 4) is 22.4 Å². The molecule has 0 aliphatic carbocycles. The zero-order valence-corrected chi connectivity index (χ0v) is 18.3. The number of fused-ring (bicyclic) bond motifs is 1. The van der Waals surface area contributed by atoms with Crippen LogP contribution in [-0.2, 0) is 6.54 Å². The number of aliphatic hydroxyl groups excluding tert-OH is 2. The van der Waals surface area contributed by atoms with E-state index in [1.165, 1.54) is 33.2 Å². The summed E-state index contributed by atoms with van der Waals surface area (Å²) in [6.07, 6.45) is -0.520. The molecule has 0 amide bonds. The van der Waals surface area contributed by atoms with Crippen LogP contribution in [0.2, 0.25) is 0 Å². The molecule has 0 unspecified atom stereocenters. The summed E-state index contributed by atoms with van der Waals surface area (Å²) in [6.45, 7) is 6.06. The maximum atomic E-state index is 10.9. The summed E-state index contributed by atoms with van der Waals surface area (Å²) in [5.74, 6) is 0. The predicted molar refractivity (Wildman–Crippen MR) is 127 cm³/mol. The highest BCUT2D eigenvalue weighted by Gasteiger charge is 2.23. The molecule has 1 aromatic heterocycles. The molecule has 0 radical (unpaired) electrons. The Kier molecular flexibility index (Phi) is 6.52. The SMILES string of the molecule is Cc1cc(C)c2c(c1)c(-c1ccccc1)c(-c1ccccc1)n2C[C@@H](O)C[NH2+]CCO. The molecule has 4 rings (SSSR count). The third-order valence-electron chi connectivity index (χ3n) is 5.77. The molecule has 31 heavy (non-hydrogen) atoms. The molecule has 3 aromatic carbocycles. The molecule has 0 spiro atoms. The highest BCUT2D eigenvalue weighted by atomic mass is 16.3. The van der Waals surface area contributed by atoms with Crippen molar-refractivity contribution in [2.75, 3.05) is 19.7 Å². The largest absolute Gasteiger partial charge is 0.391 e. The number of hydrogen-bond acceptors (Lipinski definition) is 2. The van der Waals surface area contributed by atoms with Crippen LogP contribution in [0.25, 0.3) is 33.3 Å². The topological polar surface area (TPSA) is 62.0 Å². The van der Waals surface area contributed by atoms with Crippen molar-refractivity contribution in [2.45, 2.75) is 26.5 Å². The van der Waals surface area contributed by atoms with E-state index in [0.29, 0.717) is 19.6 Å². The van der Waals surface area contributed by atoms with Gasteiger partial charge in [0.2, 0.25) is 0 Å². The average molecular weight is 416 g/mol. The Morgan fingerprint density at radius 3 is 2.19 bits per heavy atom. The maximum Gasteiger partial charge on any atom is 0.121 e. The van der Waals surface area contributed by atoms with Crippen LogP contribution >= 0.6 is 0 Å². The third-order valence-corrected chi connectivity index (χ3v) is 5.77. The van der Waals surface area contributed by atoms with E-state index >= 15 is 0 Å². The van der Waals surface area contributed by atoms with E-state index in [4.69, 9.17) is 5.11 Å². The number of aliphatic hydroxyl groups is 2. The molecule has 0 aliphatic heterocycles. The van der Waals surface area contributed by atoms with E-state index in [0.717, 1.165) is 11.3 Å². The van der Waals surface area contributed by atoms with Gasteiger partial charge in [-0.05, 0) is 36.6 Å². The Bertz CT molecular complexity index is 1150. The van der Waals surface area contributed by atoms with Gasteiger partial charge in [0.25, 0.3) is 0 Å². The number of rotatable bonds is 8. The van der Waals surface area contributed by atoms with Crippen LogP contribution in [0.3, 0.4) is 0 Å². The molecule has 1 heterocycles. The number of aromatic nitrogens is 1. The van der Waals surface area contributed by atoms with Gasteiger partial charge in [-0.3, -0.25) is 0 Å². The lowest BCUT2D eigenvalue weighted by atomic mass is 9.97. The fraction of sp³-hybridized carbons (Fsp3) is 0.259. The Morgan fingerprint density at radius 2 is 1.55 bits per heavy atom. The minimum absolute atomic E-state index is 0.116. The summed E-state index contributed by atoms with van der Waals surface area (Å²) in [5, 5.41) is 23.1. The molecule has 0 saturated carbocycles. The summed E-state index contributed by atoms with van der Waals surface area (Å²) >= 11 is 0. The summed E-state index contributed by atoms with van der Waals surface area (Å²) in [4.78, 5) is 0. The van der Waals surface area contributed by atoms with Crippen LogP contribution < -0.4 is 5.32 Å². The fourth-order valence-corrected chi connectivity index (χ4v) is 4.55. The Hall–Kier alpha value is -2.92. The smallest absolute Gasteiger partial charge is 0.121 e. The van der Waals surface area contributed by atoms with Gasteiger partial charge in [0.05, 0.1) is 30.9 Å². The molecule has 4 aromatic rings. The van der Waals surface area contributed by atoms with E-state index in [1.54, 1.807) is 0 Å². The maximum absolute atomic E-state index is 10.9. The van der Waals surface area contributed by atoms with Crippen molar-refractivity contribution in [1.82, 2.24) is 4.57 Å². The molecule has 160 valence electrons. The highest BCUT2D eigenvalue weighted by molar-refractivity contribution is 6.06. The van der Waals surface area contributed by atoms with Gasteiger partial charge in [0, 0.05) is 10.9 Å². The predicted octanol–water partition coefficient (Wildman–Crippen LogP) is 3.51. The van der Waals surface area contributed by atoms with Crippen molar-refractivity contribution < 1.29 is 15.5 Å². The normalized spacial score (nSPS) is 12.4. The van der Waals surface area contributed by atoms with Gasteiger partial charge in [-0.25, -0.2) is 0 Å². The van der Waals surface area contributed by atoms with Crippen molar-refractivity contribution >= 4 is 10.9 Å². The first kappa shape index (κ1) is 21.3. The summed E-state index contributed by atoms with van der Waals surface area (Å²) in [7, 11) is 0. The van der Waals surface area contributed by atoms with Crippen molar-refractivity contribution in [1.29, 1.82) is 0 Å². The minimum atomic E-state index is -0.520. The number of nitrogens with zero attached hydrogens (tertiary/aromatic N) is 1. The van der Waals surface area contributed by atoms with Gasteiger partial charge in [-0.1, -0.05) is 72.3 Å². The van der Waals surface area contributed by atoms with Crippen LogP contribution in [0.5, 0.6) is 0 Å².